The van der Waals surface area contributed by atoms with Gasteiger partial charge in [0.05, 0.1) is 0 Å². The number of hydrogen-bond donors (Lipinski definition) is 0. The van der Waals surface area contributed by atoms with E-state index >= 15 is 0 Å². The first-order chi connectivity index (χ1) is 5.66. The standard InChI is InChI=1S/C11H20S/c1-10(2)6-5-7-11(3)8-9-12-4/h6,8H,5,7,9H2,1-4H3/b11-8-. The first kappa shape index (κ1) is 11.8. The summed E-state index contributed by atoms with van der Waals surface area (Å²) in [5.74, 6) is 1.15. The fraction of sp³-hybridized carbons (Fsp3) is 0.636. The summed E-state index contributed by atoms with van der Waals surface area (Å²) in [4.78, 5) is 0. The molecule has 0 amide bonds. The van der Waals surface area contributed by atoms with E-state index in [2.05, 4.69) is 39.2 Å². The molecule has 12 heavy (non-hydrogen) atoms. The van der Waals surface area contributed by atoms with Crippen LogP contribution in [0.5, 0.6) is 0 Å². The Morgan fingerprint density at radius 2 is 1.83 bits per heavy atom. The zero-order valence-corrected chi connectivity index (χ0v) is 9.50. The van der Waals surface area contributed by atoms with E-state index in [-0.39, 0.29) is 0 Å². The molecule has 0 N–H and O–H groups in total. The molecule has 0 saturated carbocycles. The molecule has 0 aliphatic carbocycles. The molecule has 0 aromatic heterocycles. The van der Waals surface area contributed by atoms with Crippen LogP contribution in [0.25, 0.3) is 0 Å². The van der Waals surface area contributed by atoms with E-state index in [1.54, 1.807) is 0 Å². The summed E-state index contributed by atoms with van der Waals surface area (Å²) in [7, 11) is 0. The summed E-state index contributed by atoms with van der Waals surface area (Å²) in [6.45, 7) is 6.52. The van der Waals surface area contributed by atoms with Gasteiger partial charge in [-0.05, 0) is 39.9 Å². The molecular formula is C11H20S. The van der Waals surface area contributed by atoms with Crippen LogP contribution in [0.3, 0.4) is 0 Å². The number of hydrogen-bond acceptors (Lipinski definition) is 1. The van der Waals surface area contributed by atoms with Crippen LogP contribution in [0, 0.1) is 0 Å². The van der Waals surface area contributed by atoms with Crippen LogP contribution < -0.4 is 0 Å². The molecule has 0 fully saturated rings. The lowest BCUT2D eigenvalue weighted by Crippen LogP contribution is -1.78. The minimum absolute atomic E-state index is 1.15. The van der Waals surface area contributed by atoms with Crippen molar-refractivity contribution < 1.29 is 0 Å². The lowest BCUT2D eigenvalue weighted by molar-refractivity contribution is 0.964. The predicted octanol–water partition coefficient (Wildman–Crippen LogP) is 4.04. The number of rotatable bonds is 5. The van der Waals surface area contributed by atoms with Crippen molar-refractivity contribution in [3.8, 4) is 0 Å². The van der Waals surface area contributed by atoms with Crippen molar-refractivity contribution in [3.05, 3.63) is 23.3 Å². The van der Waals surface area contributed by atoms with Crippen LogP contribution in [0.1, 0.15) is 33.6 Å². The van der Waals surface area contributed by atoms with E-state index in [0.717, 1.165) is 5.75 Å². The Morgan fingerprint density at radius 3 is 2.33 bits per heavy atom. The summed E-state index contributed by atoms with van der Waals surface area (Å²) >= 11 is 1.88. The van der Waals surface area contributed by atoms with Gasteiger partial charge in [0.2, 0.25) is 0 Å². The average molecular weight is 184 g/mol. The number of thioether (sulfide) groups is 1. The maximum atomic E-state index is 2.32. The lowest BCUT2D eigenvalue weighted by Gasteiger charge is -1.97. The molecule has 0 nitrogen and oxygen atoms in total. The highest BCUT2D eigenvalue weighted by Crippen LogP contribution is 2.07. The van der Waals surface area contributed by atoms with E-state index < -0.39 is 0 Å². The summed E-state index contributed by atoms with van der Waals surface area (Å²) in [6.07, 6.45) is 9.17. The zero-order chi connectivity index (χ0) is 9.40. The third-order valence-corrected chi connectivity index (χ3v) is 2.19. The van der Waals surface area contributed by atoms with Crippen molar-refractivity contribution in [2.45, 2.75) is 33.6 Å². The number of allylic oxidation sites excluding steroid dienone is 3. The maximum Gasteiger partial charge on any atom is 0.0113 e. The molecule has 0 atom stereocenters. The minimum Gasteiger partial charge on any atom is -0.161 e. The van der Waals surface area contributed by atoms with Gasteiger partial charge in [0.1, 0.15) is 0 Å². The Morgan fingerprint density at radius 1 is 1.17 bits per heavy atom. The third kappa shape index (κ3) is 7.93. The molecule has 0 aliphatic rings. The van der Waals surface area contributed by atoms with Crippen LogP contribution in [-0.2, 0) is 0 Å². The average Bonchev–Trinajstić information content (AvgIpc) is 2.00. The Kier molecular flexibility index (Phi) is 7.37. The normalized spacial score (nSPS) is 11.5. The summed E-state index contributed by atoms with van der Waals surface area (Å²) in [5, 5.41) is 0. The quantitative estimate of drug-likeness (QED) is 0.581. The van der Waals surface area contributed by atoms with Gasteiger partial charge in [-0.1, -0.05) is 23.3 Å². The lowest BCUT2D eigenvalue weighted by atomic mass is 10.1. The van der Waals surface area contributed by atoms with E-state index in [4.69, 9.17) is 0 Å². The third-order valence-electron chi connectivity index (χ3n) is 1.69. The topological polar surface area (TPSA) is 0 Å². The second kappa shape index (κ2) is 7.48. The van der Waals surface area contributed by atoms with E-state index in [0.29, 0.717) is 0 Å². The minimum atomic E-state index is 1.15. The summed E-state index contributed by atoms with van der Waals surface area (Å²) < 4.78 is 0. The second-order valence-corrected chi connectivity index (χ2v) is 4.24. The van der Waals surface area contributed by atoms with Crippen molar-refractivity contribution in [1.29, 1.82) is 0 Å². The van der Waals surface area contributed by atoms with Gasteiger partial charge in [0.15, 0.2) is 0 Å². The van der Waals surface area contributed by atoms with Gasteiger partial charge < -0.3 is 0 Å². The molecule has 0 bridgehead atoms. The first-order valence-corrected chi connectivity index (χ1v) is 5.84. The Labute approximate surface area is 81.1 Å². The van der Waals surface area contributed by atoms with Gasteiger partial charge in [0, 0.05) is 5.75 Å². The van der Waals surface area contributed by atoms with E-state index in [9.17, 15) is 0 Å². The summed E-state index contributed by atoms with van der Waals surface area (Å²) in [6, 6.07) is 0. The van der Waals surface area contributed by atoms with Gasteiger partial charge >= 0.3 is 0 Å². The van der Waals surface area contributed by atoms with E-state index in [1.165, 1.54) is 24.0 Å². The summed E-state index contributed by atoms with van der Waals surface area (Å²) in [5.41, 5.74) is 2.94. The molecule has 0 heterocycles. The van der Waals surface area contributed by atoms with Crippen LogP contribution in [0.4, 0.5) is 0 Å². The van der Waals surface area contributed by atoms with Crippen LogP contribution in [0.2, 0.25) is 0 Å². The van der Waals surface area contributed by atoms with Crippen molar-refractivity contribution in [3.63, 3.8) is 0 Å². The van der Waals surface area contributed by atoms with Gasteiger partial charge in [-0.25, -0.2) is 0 Å². The molecule has 0 spiro atoms. The fourth-order valence-electron chi connectivity index (χ4n) is 0.916. The Balaban J connectivity index is 3.56. The van der Waals surface area contributed by atoms with Gasteiger partial charge in [0.25, 0.3) is 0 Å². The van der Waals surface area contributed by atoms with Crippen molar-refractivity contribution in [2.75, 3.05) is 12.0 Å². The zero-order valence-electron chi connectivity index (χ0n) is 8.68. The van der Waals surface area contributed by atoms with Gasteiger partial charge in [-0.3, -0.25) is 0 Å². The SMILES string of the molecule is CSC/C=C(/C)CCC=C(C)C. The van der Waals surface area contributed by atoms with Crippen molar-refractivity contribution in [2.24, 2.45) is 0 Å². The highest BCUT2D eigenvalue weighted by Gasteiger charge is 1.87. The molecule has 0 aliphatic heterocycles. The molecule has 0 unspecified atom stereocenters. The van der Waals surface area contributed by atoms with Gasteiger partial charge in [-0.15, -0.1) is 0 Å². The first-order valence-electron chi connectivity index (χ1n) is 4.44. The van der Waals surface area contributed by atoms with Crippen LogP contribution >= 0.6 is 11.8 Å². The molecule has 0 saturated heterocycles. The molecule has 0 rings (SSSR count). The van der Waals surface area contributed by atoms with Crippen LogP contribution in [0.15, 0.2) is 23.3 Å². The van der Waals surface area contributed by atoms with Crippen molar-refractivity contribution in [1.82, 2.24) is 0 Å². The maximum absolute atomic E-state index is 2.32. The van der Waals surface area contributed by atoms with Crippen molar-refractivity contribution >= 4 is 11.8 Å². The highest BCUT2D eigenvalue weighted by atomic mass is 32.2. The Hall–Kier alpha value is -0.170. The van der Waals surface area contributed by atoms with E-state index in [1.807, 2.05) is 11.8 Å². The molecule has 70 valence electrons. The fourth-order valence-corrected chi connectivity index (χ4v) is 1.37. The molecule has 0 aromatic rings. The predicted molar refractivity (Wildman–Crippen MR) is 60.8 cm³/mol. The smallest absolute Gasteiger partial charge is 0.0113 e. The van der Waals surface area contributed by atoms with Crippen LogP contribution in [-0.4, -0.2) is 12.0 Å². The molecule has 0 radical (unpaired) electrons. The second-order valence-electron chi connectivity index (χ2n) is 3.33. The van der Waals surface area contributed by atoms with Gasteiger partial charge in [-0.2, -0.15) is 11.8 Å². The Bertz CT molecular complexity index is 162. The molecule has 0 aromatic carbocycles. The molecular weight excluding hydrogens is 164 g/mol. The monoisotopic (exact) mass is 184 g/mol. The largest absolute Gasteiger partial charge is 0.161 e. The highest BCUT2D eigenvalue weighted by molar-refractivity contribution is 7.98. The molecule has 1 heteroatoms.